The first-order valence-electron chi connectivity index (χ1n) is 13.1. The number of unbranched alkanes of at least 4 members (excludes halogenated alkanes) is 3. The zero-order valence-corrected chi connectivity index (χ0v) is 22.2. The maximum atomic E-state index is 12.2. The second-order valence-corrected chi connectivity index (χ2v) is 11.4. The summed E-state index contributed by atoms with van der Waals surface area (Å²) in [6, 6.07) is 6.28. The molecule has 1 aliphatic heterocycles. The molecule has 0 radical (unpaired) electrons. The van der Waals surface area contributed by atoms with Crippen molar-refractivity contribution in [2.24, 2.45) is 5.92 Å². The van der Waals surface area contributed by atoms with Gasteiger partial charge in [-0.3, -0.25) is 4.79 Å². The predicted octanol–water partition coefficient (Wildman–Crippen LogP) is 7.40. The summed E-state index contributed by atoms with van der Waals surface area (Å²) in [5.74, 6) is 1.67. The summed E-state index contributed by atoms with van der Waals surface area (Å²) in [6.07, 6.45) is 13.4. The van der Waals surface area contributed by atoms with Crippen LogP contribution >= 0.6 is 0 Å². The van der Waals surface area contributed by atoms with Crippen molar-refractivity contribution >= 4 is 11.5 Å². The van der Waals surface area contributed by atoms with Crippen molar-refractivity contribution in [3.05, 3.63) is 53.6 Å². The highest BCUT2D eigenvalue weighted by Gasteiger charge is 2.47. The van der Waals surface area contributed by atoms with E-state index in [0.29, 0.717) is 5.75 Å². The number of esters is 1. The van der Waals surface area contributed by atoms with Crippen LogP contribution in [0, 0.1) is 5.92 Å². The molecule has 0 spiro atoms. The standard InChI is InChI=1S/C30H40N2O3/c1-7-8-9-10-14-29(3,4)22-17-26(34-20(2)33)28-23-16-21(25-13-15-31-19-32-25)11-12-24(23)30(5,6)35-27(28)18-22/h11,13,15,17-19,23-24H,7-10,12,14,16H2,1-6H3. The number of hydrogen-bond acceptors (Lipinski definition) is 5. The molecule has 2 heterocycles. The second kappa shape index (κ2) is 10.1. The lowest BCUT2D eigenvalue weighted by Crippen LogP contribution is -2.45. The fourth-order valence-electron chi connectivity index (χ4n) is 5.84. The summed E-state index contributed by atoms with van der Waals surface area (Å²) in [6.45, 7) is 12.7. The van der Waals surface area contributed by atoms with Crippen molar-refractivity contribution in [1.82, 2.24) is 9.97 Å². The third-order valence-electron chi connectivity index (χ3n) is 7.89. The molecule has 0 saturated heterocycles. The Bertz CT molecular complexity index is 1090. The number of benzene rings is 1. The lowest BCUT2D eigenvalue weighted by molar-refractivity contribution is -0.132. The molecule has 4 rings (SSSR count). The van der Waals surface area contributed by atoms with Crippen LogP contribution in [0.2, 0.25) is 0 Å². The molecule has 2 unspecified atom stereocenters. The molecular formula is C30H40N2O3. The van der Waals surface area contributed by atoms with Gasteiger partial charge in [0.25, 0.3) is 0 Å². The minimum Gasteiger partial charge on any atom is -0.487 e. The summed E-state index contributed by atoms with van der Waals surface area (Å²) >= 11 is 0. The van der Waals surface area contributed by atoms with Crippen molar-refractivity contribution < 1.29 is 14.3 Å². The van der Waals surface area contributed by atoms with Crippen molar-refractivity contribution in [1.29, 1.82) is 0 Å². The first-order valence-corrected chi connectivity index (χ1v) is 13.1. The molecule has 2 aromatic rings. The van der Waals surface area contributed by atoms with Gasteiger partial charge in [0, 0.05) is 30.5 Å². The van der Waals surface area contributed by atoms with Crippen molar-refractivity contribution in [3.63, 3.8) is 0 Å². The molecule has 35 heavy (non-hydrogen) atoms. The molecule has 5 heteroatoms. The fourth-order valence-corrected chi connectivity index (χ4v) is 5.84. The van der Waals surface area contributed by atoms with Crippen LogP contribution in [0.3, 0.4) is 0 Å². The topological polar surface area (TPSA) is 61.3 Å². The normalized spacial score (nSPS) is 20.8. The van der Waals surface area contributed by atoms with E-state index >= 15 is 0 Å². The van der Waals surface area contributed by atoms with Gasteiger partial charge in [0.2, 0.25) is 0 Å². The van der Waals surface area contributed by atoms with Crippen LogP contribution in [0.25, 0.3) is 5.57 Å². The molecule has 188 valence electrons. The van der Waals surface area contributed by atoms with E-state index < -0.39 is 0 Å². The molecule has 1 aromatic heterocycles. The summed E-state index contributed by atoms with van der Waals surface area (Å²) in [5.41, 5.74) is 3.99. The first-order chi connectivity index (χ1) is 16.6. The number of hydrogen-bond donors (Lipinski definition) is 0. The van der Waals surface area contributed by atoms with Gasteiger partial charge in [0.15, 0.2) is 0 Å². The Morgan fingerprint density at radius 3 is 2.71 bits per heavy atom. The Labute approximate surface area is 210 Å². The van der Waals surface area contributed by atoms with Gasteiger partial charge in [-0.15, -0.1) is 0 Å². The fraction of sp³-hybridized carbons (Fsp3) is 0.567. The van der Waals surface area contributed by atoms with Crippen molar-refractivity contribution in [2.75, 3.05) is 0 Å². The number of carbonyl (C=O) groups excluding carboxylic acids is 1. The Morgan fingerprint density at radius 2 is 2.03 bits per heavy atom. The summed E-state index contributed by atoms with van der Waals surface area (Å²) in [4.78, 5) is 20.8. The van der Waals surface area contributed by atoms with Crippen LogP contribution in [0.15, 0.2) is 36.8 Å². The van der Waals surface area contributed by atoms with Gasteiger partial charge >= 0.3 is 5.97 Å². The van der Waals surface area contributed by atoms with Crippen LogP contribution in [-0.2, 0) is 10.2 Å². The van der Waals surface area contributed by atoms with E-state index in [4.69, 9.17) is 9.47 Å². The molecule has 5 nitrogen and oxygen atoms in total. The Balaban J connectivity index is 1.75. The molecule has 0 fully saturated rings. The average Bonchev–Trinajstić information content (AvgIpc) is 2.81. The molecule has 1 aliphatic carbocycles. The van der Waals surface area contributed by atoms with E-state index in [-0.39, 0.29) is 28.8 Å². The number of fused-ring (bicyclic) bond motifs is 3. The predicted molar refractivity (Wildman–Crippen MR) is 140 cm³/mol. The van der Waals surface area contributed by atoms with E-state index in [0.717, 1.165) is 36.3 Å². The zero-order chi connectivity index (χ0) is 25.2. The SMILES string of the molecule is CCCCCCC(C)(C)c1cc(OC(C)=O)c2c(c1)OC(C)(C)C1CC=C(c3ccncn3)CC21. The van der Waals surface area contributed by atoms with E-state index in [9.17, 15) is 4.79 Å². The van der Waals surface area contributed by atoms with E-state index in [1.807, 2.05) is 6.07 Å². The molecule has 0 saturated carbocycles. The first kappa shape index (κ1) is 25.4. The monoisotopic (exact) mass is 476 g/mol. The maximum absolute atomic E-state index is 12.2. The third kappa shape index (κ3) is 5.44. The third-order valence-corrected chi connectivity index (χ3v) is 7.89. The number of ether oxygens (including phenoxy) is 2. The number of aromatic nitrogens is 2. The minimum absolute atomic E-state index is 0.0411. The number of carbonyl (C=O) groups is 1. The lowest BCUT2D eigenvalue weighted by atomic mass is 9.66. The second-order valence-electron chi connectivity index (χ2n) is 11.4. The number of rotatable bonds is 8. The van der Waals surface area contributed by atoms with Gasteiger partial charge in [-0.05, 0) is 67.9 Å². The smallest absolute Gasteiger partial charge is 0.308 e. The van der Waals surface area contributed by atoms with E-state index in [1.165, 1.54) is 43.7 Å². The Hall–Kier alpha value is -2.69. The van der Waals surface area contributed by atoms with Gasteiger partial charge < -0.3 is 9.47 Å². The molecule has 1 aromatic carbocycles. The van der Waals surface area contributed by atoms with Crippen LogP contribution in [0.1, 0.15) is 109 Å². The Morgan fingerprint density at radius 1 is 1.23 bits per heavy atom. The molecule has 0 bridgehead atoms. The van der Waals surface area contributed by atoms with Crippen LogP contribution in [0.4, 0.5) is 0 Å². The summed E-state index contributed by atoms with van der Waals surface area (Å²) < 4.78 is 12.6. The summed E-state index contributed by atoms with van der Waals surface area (Å²) in [5, 5.41) is 0. The van der Waals surface area contributed by atoms with E-state index in [2.05, 4.69) is 62.8 Å². The van der Waals surface area contributed by atoms with Crippen molar-refractivity contribution in [2.45, 2.75) is 103 Å². The molecule has 2 aliphatic rings. The van der Waals surface area contributed by atoms with Gasteiger partial charge in [0.1, 0.15) is 23.4 Å². The van der Waals surface area contributed by atoms with Crippen LogP contribution in [0.5, 0.6) is 11.5 Å². The number of allylic oxidation sites excluding steroid dienone is 2. The van der Waals surface area contributed by atoms with Crippen LogP contribution < -0.4 is 9.47 Å². The molecular weight excluding hydrogens is 436 g/mol. The van der Waals surface area contributed by atoms with Gasteiger partial charge in [0.05, 0.1) is 5.69 Å². The van der Waals surface area contributed by atoms with Gasteiger partial charge in [-0.25, -0.2) is 9.97 Å². The number of nitrogens with zero attached hydrogens (tertiary/aromatic N) is 2. The van der Waals surface area contributed by atoms with E-state index in [1.54, 1.807) is 12.5 Å². The summed E-state index contributed by atoms with van der Waals surface area (Å²) in [7, 11) is 0. The maximum Gasteiger partial charge on any atom is 0.308 e. The van der Waals surface area contributed by atoms with Gasteiger partial charge in [-0.1, -0.05) is 52.5 Å². The van der Waals surface area contributed by atoms with Gasteiger partial charge in [-0.2, -0.15) is 0 Å². The van der Waals surface area contributed by atoms with Crippen molar-refractivity contribution in [3.8, 4) is 11.5 Å². The van der Waals surface area contributed by atoms with Crippen LogP contribution in [-0.4, -0.2) is 21.5 Å². The highest BCUT2D eigenvalue weighted by Crippen LogP contribution is 2.56. The minimum atomic E-state index is -0.331. The molecule has 0 amide bonds. The zero-order valence-electron chi connectivity index (χ0n) is 22.2. The average molecular weight is 477 g/mol. The largest absolute Gasteiger partial charge is 0.487 e. The highest BCUT2D eigenvalue weighted by atomic mass is 16.5. The highest BCUT2D eigenvalue weighted by molar-refractivity contribution is 5.72. The Kier molecular flexibility index (Phi) is 7.35. The lowest BCUT2D eigenvalue weighted by Gasteiger charge is -2.47. The molecule has 2 atom stereocenters. The molecule has 0 N–H and O–H groups in total. The quantitative estimate of drug-likeness (QED) is 0.226.